The van der Waals surface area contributed by atoms with E-state index in [1.54, 1.807) is 36.3 Å². The number of alkyl halides is 3. The molecule has 1 amide bonds. The SMILES string of the molecule is CCOc1ccc(N(CCc2ccc(C(F)(F)F)cc2)C(=O)Cc2ccccc2OC)cc1OCC. The van der Waals surface area contributed by atoms with Crippen molar-refractivity contribution in [2.24, 2.45) is 0 Å². The molecule has 3 aromatic rings. The third-order valence-electron chi connectivity index (χ3n) is 5.58. The Kier molecular flexibility index (Phi) is 9.22. The summed E-state index contributed by atoms with van der Waals surface area (Å²) >= 11 is 0. The minimum Gasteiger partial charge on any atom is -0.496 e. The van der Waals surface area contributed by atoms with Gasteiger partial charge in [0, 0.05) is 23.9 Å². The molecule has 0 spiro atoms. The molecule has 8 heteroatoms. The standard InChI is InChI=1S/C28H30F3NO4/c1-4-35-25-15-14-23(19-26(25)36-5-2)32(27(33)18-21-8-6-7-9-24(21)34-3)17-16-20-10-12-22(13-11-20)28(29,30)31/h6-15,19H,4-5,16-18H2,1-3H3. The molecule has 0 bridgehead atoms. The summed E-state index contributed by atoms with van der Waals surface area (Å²) in [6.07, 6.45) is -3.94. The molecule has 192 valence electrons. The number of amides is 1. The predicted octanol–water partition coefficient (Wildman–Crippen LogP) is 6.33. The van der Waals surface area contributed by atoms with Gasteiger partial charge in [-0.1, -0.05) is 30.3 Å². The Bertz CT molecular complexity index is 1150. The Labute approximate surface area is 209 Å². The van der Waals surface area contributed by atoms with Crippen LogP contribution in [0.1, 0.15) is 30.5 Å². The van der Waals surface area contributed by atoms with Crippen LogP contribution in [0.2, 0.25) is 0 Å². The monoisotopic (exact) mass is 501 g/mol. The molecule has 0 aliphatic heterocycles. The van der Waals surface area contributed by atoms with Crippen LogP contribution in [0.25, 0.3) is 0 Å². The number of benzene rings is 3. The van der Waals surface area contributed by atoms with Crippen molar-refractivity contribution in [3.05, 3.63) is 83.4 Å². The van der Waals surface area contributed by atoms with Crippen molar-refractivity contribution in [1.82, 2.24) is 0 Å². The highest BCUT2D eigenvalue weighted by molar-refractivity contribution is 5.95. The van der Waals surface area contributed by atoms with Crippen LogP contribution in [-0.4, -0.2) is 32.8 Å². The summed E-state index contributed by atoms with van der Waals surface area (Å²) in [6, 6.07) is 17.6. The minimum atomic E-state index is -4.40. The van der Waals surface area contributed by atoms with Gasteiger partial charge in [-0.25, -0.2) is 0 Å². The van der Waals surface area contributed by atoms with Gasteiger partial charge in [0.15, 0.2) is 11.5 Å². The highest BCUT2D eigenvalue weighted by Crippen LogP contribution is 2.33. The van der Waals surface area contributed by atoms with E-state index in [9.17, 15) is 18.0 Å². The second kappa shape index (κ2) is 12.3. The van der Waals surface area contributed by atoms with Gasteiger partial charge in [0.25, 0.3) is 0 Å². The Morgan fingerprint density at radius 3 is 2.17 bits per heavy atom. The third-order valence-corrected chi connectivity index (χ3v) is 5.58. The number of methoxy groups -OCH3 is 1. The van der Waals surface area contributed by atoms with Crippen molar-refractivity contribution in [2.45, 2.75) is 32.9 Å². The Balaban J connectivity index is 1.90. The number of hydrogen-bond donors (Lipinski definition) is 0. The van der Waals surface area contributed by atoms with Crippen molar-refractivity contribution in [2.75, 3.05) is 31.8 Å². The number of rotatable bonds is 11. The van der Waals surface area contributed by atoms with Gasteiger partial charge >= 0.3 is 6.18 Å². The van der Waals surface area contributed by atoms with Crippen LogP contribution in [0.15, 0.2) is 66.7 Å². The number of halogens is 3. The second-order valence-electron chi connectivity index (χ2n) is 7.98. The summed E-state index contributed by atoms with van der Waals surface area (Å²) < 4.78 is 55.6. The van der Waals surface area contributed by atoms with E-state index in [1.807, 2.05) is 32.0 Å². The van der Waals surface area contributed by atoms with Crippen LogP contribution < -0.4 is 19.1 Å². The lowest BCUT2D eigenvalue weighted by molar-refractivity contribution is -0.137. The first kappa shape index (κ1) is 26.9. The number of para-hydroxylation sites is 1. The first-order valence-corrected chi connectivity index (χ1v) is 11.7. The van der Waals surface area contributed by atoms with Crippen LogP contribution in [0.3, 0.4) is 0 Å². The summed E-state index contributed by atoms with van der Waals surface area (Å²) in [5, 5.41) is 0. The van der Waals surface area contributed by atoms with Gasteiger partial charge in [0.05, 0.1) is 32.3 Å². The zero-order valence-electron chi connectivity index (χ0n) is 20.6. The van der Waals surface area contributed by atoms with E-state index in [-0.39, 0.29) is 18.9 Å². The maximum atomic E-state index is 13.5. The Morgan fingerprint density at radius 2 is 1.53 bits per heavy atom. The molecule has 0 atom stereocenters. The molecule has 0 aliphatic carbocycles. The fourth-order valence-corrected chi connectivity index (χ4v) is 3.81. The quantitative estimate of drug-likeness (QED) is 0.308. The molecule has 0 unspecified atom stereocenters. The van der Waals surface area contributed by atoms with Crippen molar-refractivity contribution >= 4 is 11.6 Å². The first-order valence-electron chi connectivity index (χ1n) is 11.7. The molecule has 0 aromatic heterocycles. The highest BCUT2D eigenvalue weighted by Gasteiger charge is 2.30. The summed E-state index contributed by atoms with van der Waals surface area (Å²) in [5.74, 6) is 1.51. The lowest BCUT2D eigenvalue weighted by Crippen LogP contribution is -2.34. The van der Waals surface area contributed by atoms with E-state index >= 15 is 0 Å². The van der Waals surface area contributed by atoms with E-state index in [2.05, 4.69) is 0 Å². The molecule has 0 saturated heterocycles. The van der Waals surface area contributed by atoms with Gasteiger partial charge in [-0.05, 0) is 56.2 Å². The van der Waals surface area contributed by atoms with E-state index in [0.717, 1.165) is 17.7 Å². The highest BCUT2D eigenvalue weighted by atomic mass is 19.4. The summed E-state index contributed by atoms with van der Waals surface area (Å²) in [5.41, 5.74) is 1.33. The van der Waals surface area contributed by atoms with Gasteiger partial charge in [-0.15, -0.1) is 0 Å². The third kappa shape index (κ3) is 6.93. The number of carbonyl (C=O) groups is 1. The molecular weight excluding hydrogens is 471 g/mol. The fraction of sp³-hybridized carbons (Fsp3) is 0.321. The maximum Gasteiger partial charge on any atom is 0.416 e. The Morgan fingerprint density at radius 1 is 0.861 bits per heavy atom. The fourth-order valence-electron chi connectivity index (χ4n) is 3.81. The van der Waals surface area contributed by atoms with Crippen LogP contribution >= 0.6 is 0 Å². The molecule has 3 rings (SSSR count). The van der Waals surface area contributed by atoms with Crippen LogP contribution in [-0.2, 0) is 23.8 Å². The zero-order chi connectivity index (χ0) is 26.1. The lowest BCUT2D eigenvalue weighted by atomic mass is 10.1. The molecule has 36 heavy (non-hydrogen) atoms. The summed E-state index contributed by atoms with van der Waals surface area (Å²) in [7, 11) is 1.55. The number of ether oxygens (including phenoxy) is 3. The van der Waals surface area contributed by atoms with Crippen molar-refractivity contribution in [1.29, 1.82) is 0 Å². The average Bonchev–Trinajstić information content (AvgIpc) is 2.86. The van der Waals surface area contributed by atoms with Crippen molar-refractivity contribution < 1.29 is 32.2 Å². The zero-order valence-corrected chi connectivity index (χ0v) is 20.6. The van der Waals surface area contributed by atoms with Crippen LogP contribution in [0, 0.1) is 0 Å². The molecule has 0 radical (unpaired) electrons. The second-order valence-corrected chi connectivity index (χ2v) is 7.98. The van der Waals surface area contributed by atoms with Gasteiger partial charge < -0.3 is 19.1 Å². The minimum absolute atomic E-state index is 0.0915. The largest absolute Gasteiger partial charge is 0.496 e. The molecule has 0 heterocycles. The van der Waals surface area contributed by atoms with Crippen molar-refractivity contribution in [3.63, 3.8) is 0 Å². The van der Waals surface area contributed by atoms with Crippen LogP contribution in [0.4, 0.5) is 18.9 Å². The number of hydrogen-bond acceptors (Lipinski definition) is 4. The number of carbonyl (C=O) groups excluding carboxylic acids is 1. The smallest absolute Gasteiger partial charge is 0.416 e. The normalized spacial score (nSPS) is 11.2. The van der Waals surface area contributed by atoms with E-state index in [1.165, 1.54) is 12.1 Å². The van der Waals surface area contributed by atoms with Crippen molar-refractivity contribution in [3.8, 4) is 17.2 Å². The number of anilines is 1. The topological polar surface area (TPSA) is 48.0 Å². The van der Waals surface area contributed by atoms with Gasteiger partial charge in [-0.3, -0.25) is 4.79 Å². The van der Waals surface area contributed by atoms with E-state index in [0.29, 0.717) is 48.1 Å². The molecule has 5 nitrogen and oxygen atoms in total. The van der Waals surface area contributed by atoms with E-state index < -0.39 is 11.7 Å². The van der Waals surface area contributed by atoms with Gasteiger partial charge in [0.2, 0.25) is 5.91 Å². The molecule has 0 saturated carbocycles. The van der Waals surface area contributed by atoms with Gasteiger partial charge in [0.1, 0.15) is 5.75 Å². The summed E-state index contributed by atoms with van der Waals surface area (Å²) in [6.45, 7) is 4.88. The molecule has 0 N–H and O–H groups in total. The van der Waals surface area contributed by atoms with Gasteiger partial charge in [-0.2, -0.15) is 13.2 Å². The average molecular weight is 502 g/mol. The molecule has 0 aliphatic rings. The molecular formula is C28H30F3NO4. The predicted molar refractivity (Wildman–Crippen MR) is 133 cm³/mol. The maximum absolute atomic E-state index is 13.5. The van der Waals surface area contributed by atoms with Crippen LogP contribution in [0.5, 0.6) is 17.2 Å². The van der Waals surface area contributed by atoms with E-state index in [4.69, 9.17) is 14.2 Å². The Hall–Kier alpha value is -3.68. The number of nitrogens with zero attached hydrogens (tertiary/aromatic N) is 1. The molecule has 3 aromatic carbocycles. The summed E-state index contributed by atoms with van der Waals surface area (Å²) in [4.78, 5) is 15.1. The first-order chi connectivity index (χ1) is 17.3. The lowest BCUT2D eigenvalue weighted by Gasteiger charge is -2.25. The molecule has 0 fully saturated rings.